The molecule has 0 saturated carbocycles. The summed E-state index contributed by atoms with van der Waals surface area (Å²) in [5.41, 5.74) is 8.86. The van der Waals surface area contributed by atoms with Crippen molar-refractivity contribution in [1.29, 1.82) is 0 Å². The van der Waals surface area contributed by atoms with Crippen molar-refractivity contribution in [3.8, 4) is 5.75 Å². The summed E-state index contributed by atoms with van der Waals surface area (Å²) in [6, 6.07) is 1.71. The van der Waals surface area contributed by atoms with Gasteiger partial charge in [-0.2, -0.15) is 5.10 Å². The normalized spacial score (nSPS) is 29.5. The molecule has 4 nitrogen and oxygen atoms in total. The van der Waals surface area contributed by atoms with Crippen LogP contribution >= 0.6 is 0 Å². The van der Waals surface area contributed by atoms with Crippen molar-refractivity contribution in [2.24, 2.45) is 16.8 Å². The molecule has 3 rings (SSSR count). The first-order valence-electron chi connectivity index (χ1n) is 7.19. The lowest BCUT2D eigenvalue weighted by molar-refractivity contribution is 0.0891. The highest BCUT2D eigenvalue weighted by Gasteiger charge is 2.38. The molecule has 3 N–H and O–H groups in total. The summed E-state index contributed by atoms with van der Waals surface area (Å²) in [7, 11) is 0. The summed E-state index contributed by atoms with van der Waals surface area (Å²) in [6.07, 6.45) is -0.333. The molecule has 0 fully saturated rings. The summed E-state index contributed by atoms with van der Waals surface area (Å²) in [5, 5.41) is 3.71. The highest BCUT2D eigenvalue weighted by Crippen LogP contribution is 2.39. The van der Waals surface area contributed by atoms with Crippen LogP contribution in [0.1, 0.15) is 18.1 Å². The number of rotatable bonds is 4. The number of fused-ring (bicyclic) bond motifs is 1. The molecule has 2 heterocycles. The molecule has 3 atom stereocenters. The van der Waals surface area contributed by atoms with Gasteiger partial charge in [0, 0.05) is 30.7 Å². The summed E-state index contributed by atoms with van der Waals surface area (Å²) < 4.78 is 45.6. The fourth-order valence-electron chi connectivity index (χ4n) is 3.02. The third-order valence-corrected chi connectivity index (χ3v) is 4.23. The predicted molar refractivity (Wildman–Crippen MR) is 76.8 cm³/mol. The Labute approximate surface area is 126 Å². The van der Waals surface area contributed by atoms with E-state index in [1.807, 2.05) is 6.92 Å². The van der Waals surface area contributed by atoms with Crippen LogP contribution in [-0.4, -0.2) is 30.8 Å². The minimum Gasteiger partial charge on any atom is -0.485 e. The summed E-state index contributed by atoms with van der Waals surface area (Å²) in [6.45, 7) is 2.16. The van der Waals surface area contributed by atoms with Crippen LogP contribution in [0.4, 0.5) is 13.2 Å². The molecule has 0 aliphatic carbocycles. The fourth-order valence-corrected chi connectivity index (χ4v) is 3.02. The van der Waals surface area contributed by atoms with Crippen LogP contribution in [0.15, 0.2) is 17.2 Å². The largest absolute Gasteiger partial charge is 0.485 e. The van der Waals surface area contributed by atoms with Gasteiger partial charge in [0.25, 0.3) is 6.43 Å². The van der Waals surface area contributed by atoms with E-state index >= 15 is 0 Å². The molecule has 1 aromatic carbocycles. The number of nitrogens with two attached hydrogens (primary N) is 1. The van der Waals surface area contributed by atoms with E-state index < -0.39 is 29.8 Å². The van der Waals surface area contributed by atoms with Crippen molar-refractivity contribution < 1.29 is 17.9 Å². The number of nitrogens with one attached hydrogen (secondary N) is 1. The lowest BCUT2D eigenvalue weighted by Crippen LogP contribution is -2.39. The Bertz CT molecular complexity index is 608. The number of nitrogens with zero attached hydrogens (tertiary/aromatic N) is 1. The zero-order valence-corrected chi connectivity index (χ0v) is 12.2. The monoisotopic (exact) mass is 313 g/mol. The minimum absolute atomic E-state index is 0.242. The highest BCUT2D eigenvalue weighted by atomic mass is 19.3. The number of hydrogen-bond donors (Lipinski definition) is 2. The van der Waals surface area contributed by atoms with Gasteiger partial charge in [0.1, 0.15) is 23.2 Å². The Hall–Kier alpha value is -1.76. The van der Waals surface area contributed by atoms with E-state index in [9.17, 15) is 13.2 Å². The van der Waals surface area contributed by atoms with Gasteiger partial charge in [0.05, 0.1) is 0 Å². The van der Waals surface area contributed by atoms with Crippen LogP contribution in [0.5, 0.6) is 5.75 Å². The number of halogens is 3. The average molecular weight is 313 g/mol. The maximum Gasteiger partial charge on any atom is 0.260 e. The molecule has 22 heavy (non-hydrogen) atoms. The number of hydrogen-bond acceptors (Lipinski definition) is 4. The van der Waals surface area contributed by atoms with E-state index in [1.54, 1.807) is 0 Å². The van der Waals surface area contributed by atoms with E-state index in [0.29, 0.717) is 24.3 Å². The van der Waals surface area contributed by atoms with Gasteiger partial charge in [-0.15, -0.1) is 0 Å². The number of alkyl halides is 2. The van der Waals surface area contributed by atoms with Crippen LogP contribution in [-0.2, 0) is 12.8 Å². The van der Waals surface area contributed by atoms with E-state index in [-0.39, 0.29) is 6.42 Å². The molecular formula is C15H18F3N3O. The van der Waals surface area contributed by atoms with Gasteiger partial charge in [0.15, 0.2) is 0 Å². The molecule has 1 aromatic rings. The Morgan fingerprint density at radius 2 is 2.27 bits per heavy atom. The van der Waals surface area contributed by atoms with Crippen molar-refractivity contribution in [2.75, 3.05) is 6.54 Å². The van der Waals surface area contributed by atoms with Gasteiger partial charge in [-0.1, -0.05) is 0 Å². The third-order valence-electron chi connectivity index (χ3n) is 4.23. The molecule has 2 aliphatic rings. The molecule has 0 radical (unpaired) electrons. The van der Waals surface area contributed by atoms with Crippen LogP contribution in [0.25, 0.3) is 0 Å². The lowest BCUT2D eigenvalue weighted by atomic mass is 9.92. The minimum atomic E-state index is -2.54. The van der Waals surface area contributed by atoms with Crippen molar-refractivity contribution >= 4 is 6.21 Å². The average Bonchev–Trinajstić information content (AvgIpc) is 3.03. The number of ether oxygens (including phenoxy) is 1. The second kappa shape index (κ2) is 5.46. The third kappa shape index (κ3) is 2.65. The highest BCUT2D eigenvalue weighted by molar-refractivity contribution is 5.65. The standard InChI is InChI=1S/C15H18F3N3O/c1-15(7-19)5-9-4-11(16)3-8(13(9)22-15)2-10-6-20-21-12(10)14(17)18/h3-4,6,10,12,14,21H,2,5,7,19H2,1H3/t10?,12-,15?/m0/s1. The van der Waals surface area contributed by atoms with Crippen molar-refractivity contribution in [3.05, 3.63) is 29.1 Å². The van der Waals surface area contributed by atoms with Crippen LogP contribution in [0.3, 0.4) is 0 Å². The zero-order valence-electron chi connectivity index (χ0n) is 12.2. The Morgan fingerprint density at radius 1 is 1.50 bits per heavy atom. The van der Waals surface area contributed by atoms with Gasteiger partial charge in [-0.25, -0.2) is 13.2 Å². The Kier molecular flexibility index (Phi) is 3.76. The van der Waals surface area contributed by atoms with Gasteiger partial charge in [-0.05, 0) is 31.0 Å². The van der Waals surface area contributed by atoms with E-state index in [0.717, 1.165) is 5.56 Å². The quantitative estimate of drug-likeness (QED) is 0.892. The zero-order chi connectivity index (χ0) is 15.9. The molecular weight excluding hydrogens is 295 g/mol. The second-order valence-electron chi connectivity index (χ2n) is 6.12. The Morgan fingerprint density at radius 3 is 2.95 bits per heavy atom. The van der Waals surface area contributed by atoms with Crippen molar-refractivity contribution in [1.82, 2.24) is 5.43 Å². The SMILES string of the molecule is CC1(CN)Cc2cc(F)cc(CC3C=NN[C@@H]3C(F)F)c2O1. The summed E-state index contributed by atoms with van der Waals surface area (Å²) in [5.74, 6) is -0.322. The molecule has 0 spiro atoms. The predicted octanol–water partition coefficient (Wildman–Crippen LogP) is 1.86. The molecule has 2 aliphatic heterocycles. The van der Waals surface area contributed by atoms with Gasteiger partial charge < -0.3 is 15.9 Å². The first kappa shape index (κ1) is 15.1. The molecule has 7 heteroatoms. The van der Waals surface area contributed by atoms with Crippen LogP contribution in [0, 0.1) is 11.7 Å². The molecule has 0 saturated heterocycles. The molecule has 2 unspecified atom stereocenters. The lowest BCUT2D eigenvalue weighted by Gasteiger charge is -2.23. The number of benzene rings is 1. The van der Waals surface area contributed by atoms with Gasteiger partial charge >= 0.3 is 0 Å². The first-order chi connectivity index (χ1) is 10.4. The van der Waals surface area contributed by atoms with E-state index in [1.165, 1.54) is 18.3 Å². The van der Waals surface area contributed by atoms with Crippen molar-refractivity contribution in [2.45, 2.75) is 37.8 Å². The smallest absolute Gasteiger partial charge is 0.260 e. The summed E-state index contributed by atoms with van der Waals surface area (Å²) in [4.78, 5) is 0. The van der Waals surface area contributed by atoms with Gasteiger partial charge in [-0.3, -0.25) is 0 Å². The van der Waals surface area contributed by atoms with Crippen LogP contribution in [0.2, 0.25) is 0 Å². The number of hydrazone groups is 1. The Balaban J connectivity index is 1.88. The molecule has 0 amide bonds. The first-order valence-corrected chi connectivity index (χ1v) is 7.19. The van der Waals surface area contributed by atoms with Gasteiger partial charge in [0.2, 0.25) is 0 Å². The topological polar surface area (TPSA) is 59.6 Å². The molecule has 0 aromatic heterocycles. The maximum absolute atomic E-state index is 13.8. The van der Waals surface area contributed by atoms with E-state index in [2.05, 4.69) is 10.5 Å². The summed E-state index contributed by atoms with van der Waals surface area (Å²) >= 11 is 0. The second-order valence-corrected chi connectivity index (χ2v) is 6.12. The maximum atomic E-state index is 13.8. The fraction of sp³-hybridized carbons (Fsp3) is 0.533. The molecule has 120 valence electrons. The molecule has 0 bridgehead atoms. The van der Waals surface area contributed by atoms with Crippen molar-refractivity contribution in [3.63, 3.8) is 0 Å². The van der Waals surface area contributed by atoms with E-state index in [4.69, 9.17) is 10.5 Å². The van der Waals surface area contributed by atoms with Crippen LogP contribution < -0.4 is 15.9 Å².